The lowest BCUT2D eigenvalue weighted by molar-refractivity contribution is 0.585. The van der Waals surface area contributed by atoms with Gasteiger partial charge in [0.1, 0.15) is 35.0 Å². The van der Waals surface area contributed by atoms with Gasteiger partial charge in [0, 0.05) is 24.6 Å². The van der Waals surface area contributed by atoms with E-state index >= 15 is 0 Å². The van der Waals surface area contributed by atoms with Gasteiger partial charge >= 0.3 is 0 Å². The van der Waals surface area contributed by atoms with Gasteiger partial charge in [-0.05, 0) is 18.6 Å². The van der Waals surface area contributed by atoms with E-state index in [4.69, 9.17) is 0 Å². The van der Waals surface area contributed by atoms with Gasteiger partial charge in [0.05, 0.1) is 0 Å². The maximum Gasteiger partial charge on any atom is 0.181 e. The molecule has 4 rings (SSSR count). The molecule has 3 heterocycles. The summed E-state index contributed by atoms with van der Waals surface area (Å²) < 4.78 is 29.1. The van der Waals surface area contributed by atoms with E-state index in [9.17, 15) is 8.78 Å². The Morgan fingerprint density at radius 3 is 2.90 bits per heavy atom. The summed E-state index contributed by atoms with van der Waals surface area (Å²) in [5.74, 6) is -0.280. The number of rotatable bonds is 1. The molecule has 100 valence electrons. The molecular formula is C14H10F2N4. The highest BCUT2D eigenvalue weighted by Gasteiger charge is 2.22. The van der Waals surface area contributed by atoms with Crippen LogP contribution >= 0.6 is 0 Å². The van der Waals surface area contributed by atoms with Crippen molar-refractivity contribution in [3.63, 3.8) is 0 Å². The number of hydrogen-bond donors (Lipinski definition) is 0. The maximum atomic E-state index is 14.0. The third-order valence-corrected chi connectivity index (χ3v) is 3.59. The van der Waals surface area contributed by atoms with E-state index in [0.29, 0.717) is 11.3 Å². The van der Waals surface area contributed by atoms with Crippen LogP contribution in [0.3, 0.4) is 0 Å². The van der Waals surface area contributed by atoms with E-state index in [0.717, 1.165) is 36.8 Å². The summed E-state index contributed by atoms with van der Waals surface area (Å²) in [6, 6.07) is 3.50. The Balaban J connectivity index is 2.04. The fourth-order valence-electron chi connectivity index (χ4n) is 2.72. The van der Waals surface area contributed by atoms with Crippen molar-refractivity contribution in [2.24, 2.45) is 0 Å². The van der Waals surface area contributed by atoms with E-state index in [1.165, 1.54) is 18.5 Å². The van der Waals surface area contributed by atoms with Crippen LogP contribution in [0.1, 0.15) is 12.2 Å². The minimum Gasteiger partial charge on any atom is -0.325 e. The van der Waals surface area contributed by atoms with Crippen molar-refractivity contribution in [2.45, 2.75) is 19.4 Å². The number of aryl methyl sites for hydroxylation is 2. The van der Waals surface area contributed by atoms with Crippen LogP contribution in [0, 0.1) is 11.6 Å². The monoisotopic (exact) mass is 272 g/mol. The molecule has 1 aliphatic heterocycles. The van der Waals surface area contributed by atoms with Crippen molar-refractivity contribution in [3.05, 3.63) is 42.0 Å². The Kier molecular flexibility index (Phi) is 2.33. The predicted octanol–water partition coefficient (Wildman–Crippen LogP) is 2.72. The number of halogens is 2. The second kappa shape index (κ2) is 4.06. The van der Waals surface area contributed by atoms with Gasteiger partial charge in [0.15, 0.2) is 5.65 Å². The fourth-order valence-corrected chi connectivity index (χ4v) is 2.72. The molecule has 0 saturated heterocycles. The van der Waals surface area contributed by atoms with Gasteiger partial charge in [-0.2, -0.15) is 0 Å². The number of benzene rings is 1. The molecule has 0 fully saturated rings. The van der Waals surface area contributed by atoms with Gasteiger partial charge in [-0.25, -0.2) is 23.7 Å². The van der Waals surface area contributed by atoms with Crippen molar-refractivity contribution in [1.29, 1.82) is 0 Å². The number of fused-ring (bicyclic) bond motifs is 3. The summed E-state index contributed by atoms with van der Waals surface area (Å²) in [7, 11) is 0. The summed E-state index contributed by atoms with van der Waals surface area (Å²) in [4.78, 5) is 12.8. The van der Waals surface area contributed by atoms with Gasteiger partial charge in [-0.1, -0.05) is 0 Å². The van der Waals surface area contributed by atoms with Gasteiger partial charge in [-0.3, -0.25) is 0 Å². The Labute approximate surface area is 113 Å². The average molecular weight is 272 g/mol. The largest absolute Gasteiger partial charge is 0.325 e. The first-order valence-electron chi connectivity index (χ1n) is 6.39. The molecule has 0 unspecified atom stereocenters. The molecule has 0 saturated carbocycles. The molecule has 1 aromatic carbocycles. The van der Waals surface area contributed by atoms with Crippen molar-refractivity contribution >= 4 is 11.2 Å². The third-order valence-electron chi connectivity index (χ3n) is 3.59. The van der Waals surface area contributed by atoms with Gasteiger partial charge in [0.25, 0.3) is 0 Å². The Hall–Kier alpha value is -2.37. The predicted molar refractivity (Wildman–Crippen MR) is 69.0 cm³/mol. The molecular weight excluding hydrogens is 262 g/mol. The summed E-state index contributed by atoms with van der Waals surface area (Å²) in [6.07, 6.45) is 3.27. The molecule has 20 heavy (non-hydrogen) atoms. The lowest BCUT2D eigenvalue weighted by Gasteiger charge is -2.06. The summed E-state index contributed by atoms with van der Waals surface area (Å²) in [6.45, 7) is 0.828. The molecule has 6 heteroatoms. The molecule has 0 N–H and O–H groups in total. The molecule has 3 aromatic rings. The van der Waals surface area contributed by atoms with Crippen LogP contribution in [0.4, 0.5) is 8.78 Å². The molecule has 1 aliphatic rings. The number of nitrogens with zero attached hydrogens (tertiary/aromatic N) is 4. The average Bonchev–Trinajstić information content (AvgIpc) is 2.98. The first-order valence-corrected chi connectivity index (χ1v) is 6.39. The van der Waals surface area contributed by atoms with Gasteiger partial charge in [0.2, 0.25) is 0 Å². The molecule has 2 aromatic heterocycles. The van der Waals surface area contributed by atoms with Crippen molar-refractivity contribution in [2.75, 3.05) is 0 Å². The van der Waals surface area contributed by atoms with E-state index in [1.54, 1.807) is 0 Å². The van der Waals surface area contributed by atoms with Crippen LogP contribution in [0.5, 0.6) is 0 Å². The maximum absolute atomic E-state index is 14.0. The minimum atomic E-state index is -0.626. The summed E-state index contributed by atoms with van der Waals surface area (Å²) in [5, 5.41) is 0. The molecule has 0 bridgehead atoms. The highest BCUT2D eigenvalue weighted by atomic mass is 19.1. The van der Waals surface area contributed by atoms with Crippen molar-refractivity contribution in [3.8, 4) is 11.3 Å². The Bertz CT molecular complexity index is 825. The van der Waals surface area contributed by atoms with Crippen LogP contribution < -0.4 is 0 Å². The smallest absolute Gasteiger partial charge is 0.181 e. The van der Waals surface area contributed by atoms with Crippen LogP contribution in [-0.2, 0) is 13.0 Å². The third kappa shape index (κ3) is 1.54. The quantitative estimate of drug-likeness (QED) is 0.684. The van der Waals surface area contributed by atoms with E-state index in [1.807, 2.05) is 4.57 Å². The van der Waals surface area contributed by atoms with E-state index in [2.05, 4.69) is 15.0 Å². The fraction of sp³-hybridized carbons (Fsp3) is 0.214. The van der Waals surface area contributed by atoms with E-state index in [-0.39, 0.29) is 5.56 Å². The van der Waals surface area contributed by atoms with Crippen LogP contribution in [0.15, 0.2) is 24.5 Å². The zero-order chi connectivity index (χ0) is 13.7. The van der Waals surface area contributed by atoms with Crippen molar-refractivity contribution < 1.29 is 8.78 Å². The number of aromatic nitrogens is 4. The lowest BCUT2D eigenvalue weighted by atomic mass is 10.1. The highest BCUT2D eigenvalue weighted by molar-refractivity contribution is 5.88. The summed E-state index contributed by atoms with van der Waals surface area (Å²) >= 11 is 0. The van der Waals surface area contributed by atoms with Crippen molar-refractivity contribution in [1.82, 2.24) is 19.5 Å². The molecule has 0 radical (unpaired) electrons. The summed E-state index contributed by atoms with van der Waals surface area (Å²) in [5.41, 5.74) is 2.03. The molecule has 0 atom stereocenters. The molecule has 0 aliphatic carbocycles. The normalized spacial score (nSPS) is 13.9. The zero-order valence-electron chi connectivity index (χ0n) is 10.5. The second-order valence-electron chi connectivity index (χ2n) is 4.80. The lowest BCUT2D eigenvalue weighted by Crippen LogP contribution is -1.98. The Morgan fingerprint density at radius 1 is 1.15 bits per heavy atom. The molecule has 4 nitrogen and oxygen atoms in total. The first-order chi connectivity index (χ1) is 9.74. The Morgan fingerprint density at radius 2 is 2.05 bits per heavy atom. The highest BCUT2D eigenvalue weighted by Crippen LogP contribution is 2.30. The van der Waals surface area contributed by atoms with Gasteiger partial charge in [-0.15, -0.1) is 0 Å². The second-order valence-corrected chi connectivity index (χ2v) is 4.80. The number of imidazole rings is 1. The molecule has 0 spiro atoms. The van der Waals surface area contributed by atoms with Crippen LogP contribution in [-0.4, -0.2) is 19.5 Å². The van der Waals surface area contributed by atoms with Gasteiger partial charge < -0.3 is 4.57 Å². The van der Waals surface area contributed by atoms with Crippen LogP contribution in [0.25, 0.3) is 22.4 Å². The minimum absolute atomic E-state index is 0.272. The standard InChI is InChI=1S/C14H10F2N4/c15-8-3-4-9(10(16)6-8)12-13-14(18-7-17-12)19-11-2-1-5-20(11)13/h3-4,6-7H,1-2,5H2. The SMILES string of the molecule is Fc1ccc(-c2ncnc3nc4n(c23)CCC4)c(F)c1. The first kappa shape index (κ1) is 11.5. The van der Waals surface area contributed by atoms with E-state index < -0.39 is 11.6 Å². The topological polar surface area (TPSA) is 43.6 Å². The molecule has 0 amide bonds. The zero-order valence-corrected chi connectivity index (χ0v) is 10.5. The van der Waals surface area contributed by atoms with Crippen LogP contribution in [0.2, 0.25) is 0 Å². The number of hydrogen-bond acceptors (Lipinski definition) is 3.